The molecule has 78 valence electrons. The monoisotopic (exact) mass is 273 g/mol. The van der Waals surface area contributed by atoms with Gasteiger partial charge in [0.1, 0.15) is 0 Å². The van der Waals surface area contributed by atoms with Crippen LogP contribution in [-0.2, 0) is 6.54 Å². The minimum atomic E-state index is -1.91. The number of nitrogens with zero attached hydrogens (tertiary/aromatic N) is 1. The summed E-state index contributed by atoms with van der Waals surface area (Å²) < 4.78 is -0.264. The fourth-order valence-corrected chi connectivity index (χ4v) is 1.52. The third kappa shape index (κ3) is 2.80. The molecule has 0 spiro atoms. The van der Waals surface area contributed by atoms with Crippen LogP contribution in [0.3, 0.4) is 0 Å². The predicted octanol–water partition coefficient (Wildman–Crippen LogP) is 3.28. The summed E-state index contributed by atoms with van der Waals surface area (Å²) in [7, 11) is 0. The van der Waals surface area contributed by atoms with Gasteiger partial charge in [-0.3, -0.25) is 4.79 Å². The first kappa shape index (κ1) is 12.2. The van der Waals surface area contributed by atoms with E-state index in [-0.39, 0.29) is 0 Å². The van der Waals surface area contributed by atoms with Crippen LogP contribution < -0.4 is 0 Å². The highest BCUT2D eigenvalue weighted by Gasteiger charge is 2.33. The zero-order valence-electron chi connectivity index (χ0n) is 7.01. The van der Waals surface area contributed by atoms with Gasteiger partial charge in [-0.05, 0) is 12.1 Å². The molecule has 1 rings (SSSR count). The van der Waals surface area contributed by atoms with E-state index in [0.717, 1.165) is 0 Å². The van der Waals surface area contributed by atoms with Crippen molar-refractivity contribution < 1.29 is 4.79 Å². The molecule has 0 N–H and O–H groups in total. The number of Topliss-reactive ketones (excluding diaryl/α,β-unsaturated/α-hetero) is 1. The van der Waals surface area contributed by atoms with Crippen LogP contribution in [0.1, 0.15) is 10.5 Å². The van der Waals surface area contributed by atoms with E-state index in [1.54, 1.807) is 22.9 Å². The van der Waals surface area contributed by atoms with Gasteiger partial charge < -0.3 is 4.57 Å². The van der Waals surface area contributed by atoms with E-state index in [2.05, 4.69) is 0 Å². The summed E-state index contributed by atoms with van der Waals surface area (Å²) in [5.41, 5.74) is 0.352. The van der Waals surface area contributed by atoms with Crippen molar-refractivity contribution in [1.29, 1.82) is 0 Å². The van der Waals surface area contributed by atoms with Crippen LogP contribution in [0.25, 0.3) is 0 Å². The summed E-state index contributed by atoms with van der Waals surface area (Å²) in [5.74, 6) is -0.146. The number of aryl methyl sites for hydroxylation is 1. The topological polar surface area (TPSA) is 22.0 Å². The molecule has 0 radical (unpaired) electrons. The second-order valence-corrected chi connectivity index (χ2v) is 5.26. The molecule has 0 aliphatic rings. The molecule has 1 aromatic rings. The maximum absolute atomic E-state index is 11.6. The van der Waals surface area contributed by atoms with E-state index in [1.807, 2.05) is 0 Å². The maximum atomic E-state index is 11.6. The Balaban J connectivity index is 2.95. The molecular weight excluding hydrogens is 268 g/mol. The molecule has 0 aromatic carbocycles. The molecular formula is C8H7Cl4NO. The van der Waals surface area contributed by atoms with Crippen LogP contribution in [0, 0.1) is 0 Å². The average molecular weight is 275 g/mol. The summed E-state index contributed by atoms with van der Waals surface area (Å²) >= 11 is 22.0. The summed E-state index contributed by atoms with van der Waals surface area (Å²) in [6.45, 7) is 0.510. The number of alkyl halides is 4. The first-order valence-electron chi connectivity index (χ1n) is 3.79. The minimum absolute atomic E-state index is 0.352. The third-order valence-electron chi connectivity index (χ3n) is 1.65. The molecule has 6 heteroatoms. The van der Waals surface area contributed by atoms with Gasteiger partial charge in [-0.1, -0.05) is 34.8 Å². The van der Waals surface area contributed by atoms with Crippen LogP contribution in [0.15, 0.2) is 18.3 Å². The smallest absolute Gasteiger partial charge is 0.255 e. The summed E-state index contributed by atoms with van der Waals surface area (Å²) in [5, 5.41) is 0. The summed E-state index contributed by atoms with van der Waals surface area (Å²) in [6, 6.07) is 3.30. The number of carbonyl (C=O) groups excluding carboxylic acids is 1. The number of aromatic nitrogens is 1. The Morgan fingerprint density at radius 3 is 2.57 bits per heavy atom. The fraction of sp³-hybridized carbons (Fsp3) is 0.375. The number of ketones is 1. The van der Waals surface area contributed by atoms with Crippen molar-refractivity contribution in [3.8, 4) is 0 Å². The van der Waals surface area contributed by atoms with E-state index in [0.29, 0.717) is 18.1 Å². The molecule has 0 saturated carbocycles. The quantitative estimate of drug-likeness (QED) is 0.613. The van der Waals surface area contributed by atoms with Crippen LogP contribution in [0.4, 0.5) is 0 Å². The second-order valence-electron chi connectivity index (χ2n) is 2.60. The Hall–Kier alpha value is 0.110. The van der Waals surface area contributed by atoms with Crippen LogP contribution in [0.5, 0.6) is 0 Å². The molecule has 2 nitrogen and oxygen atoms in total. The van der Waals surface area contributed by atoms with Crippen molar-refractivity contribution in [2.75, 3.05) is 5.88 Å². The number of carbonyl (C=O) groups is 1. The second kappa shape index (κ2) is 4.75. The molecule has 14 heavy (non-hydrogen) atoms. The SMILES string of the molecule is O=C(c1cccn1CCCl)C(Cl)(Cl)Cl. The molecule has 0 aliphatic carbocycles. The zero-order valence-corrected chi connectivity index (χ0v) is 10.0. The van der Waals surface area contributed by atoms with Crippen molar-refractivity contribution in [3.63, 3.8) is 0 Å². The first-order chi connectivity index (χ1) is 6.46. The van der Waals surface area contributed by atoms with Crippen molar-refractivity contribution in [1.82, 2.24) is 4.57 Å². The first-order valence-corrected chi connectivity index (χ1v) is 5.46. The Bertz CT molecular complexity index is 328. The lowest BCUT2D eigenvalue weighted by Gasteiger charge is -2.11. The largest absolute Gasteiger partial charge is 0.344 e. The van der Waals surface area contributed by atoms with E-state index in [1.165, 1.54) is 0 Å². The number of hydrogen-bond acceptors (Lipinski definition) is 1. The highest BCUT2D eigenvalue weighted by atomic mass is 35.6. The molecule has 1 heterocycles. The highest BCUT2D eigenvalue weighted by molar-refractivity contribution is 6.77. The number of hydrogen-bond donors (Lipinski definition) is 0. The van der Waals surface area contributed by atoms with Crippen LogP contribution in [0.2, 0.25) is 0 Å². The molecule has 0 unspecified atom stereocenters. The maximum Gasteiger partial charge on any atom is 0.255 e. The van der Waals surface area contributed by atoms with Gasteiger partial charge in [-0.15, -0.1) is 11.6 Å². The Morgan fingerprint density at radius 2 is 2.07 bits per heavy atom. The van der Waals surface area contributed by atoms with Crippen molar-refractivity contribution in [2.24, 2.45) is 0 Å². The standard InChI is InChI=1S/C8H7Cl4NO/c9-3-5-13-4-1-2-6(13)7(14)8(10,11)12/h1-2,4H,3,5H2. The van der Waals surface area contributed by atoms with Crippen LogP contribution >= 0.6 is 46.4 Å². The Kier molecular flexibility index (Phi) is 4.14. The normalized spacial score (nSPS) is 11.7. The van der Waals surface area contributed by atoms with E-state index in [4.69, 9.17) is 46.4 Å². The molecule has 0 bridgehead atoms. The van der Waals surface area contributed by atoms with Crippen molar-refractivity contribution in [2.45, 2.75) is 10.3 Å². The van der Waals surface area contributed by atoms with E-state index >= 15 is 0 Å². The molecule has 0 amide bonds. The van der Waals surface area contributed by atoms with Crippen molar-refractivity contribution >= 4 is 52.2 Å². The molecule has 0 saturated heterocycles. The zero-order chi connectivity index (χ0) is 10.8. The van der Waals surface area contributed by atoms with Gasteiger partial charge in [0.05, 0.1) is 5.69 Å². The third-order valence-corrected chi connectivity index (χ3v) is 2.33. The van der Waals surface area contributed by atoms with Gasteiger partial charge in [0.2, 0.25) is 5.78 Å². The molecule has 0 aliphatic heterocycles. The van der Waals surface area contributed by atoms with Crippen LogP contribution in [-0.4, -0.2) is 20.0 Å². The Morgan fingerprint density at radius 1 is 1.43 bits per heavy atom. The number of rotatable bonds is 3. The van der Waals surface area contributed by atoms with Gasteiger partial charge in [-0.2, -0.15) is 0 Å². The fourth-order valence-electron chi connectivity index (χ4n) is 1.05. The molecule has 1 aromatic heterocycles. The average Bonchev–Trinajstić information content (AvgIpc) is 2.50. The van der Waals surface area contributed by atoms with E-state index in [9.17, 15) is 4.79 Å². The highest BCUT2D eigenvalue weighted by Crippen LogP contribution is 2.30. The minimum Gasteiger partial charge on any atom is -0.344 e. The molecule has 0 fully saturated rings. The van der Waals surface area contributed by atoms with Gasteiger partial charge in [0, 0.05) is 18.6 Å². The number of halogens is 4. The predicted molar refractivity (Wildman–Crippen MR) is 59.8 cm³/mol. The lowest BCUT2D eigenvalue weighted by Crippen LogP contribution is -2.22. The van der Waals surface area contributed by atoms with Gasteiger partial charge in [0.25, 0.3) is 3.79 Å². The van der Waals surface area contributed by atoms with Gasteiger partial charge in [0.15, 0.2) is 0 Å². The lowest BCUT2D eigenvalue weighted by molar-refractivity contribution is 0.0988. The lowest BCUT2D eigenvalue weighted by atomic mass is 10.3. The van der Waals surface area contributed by atoms with Crippen molar-refractivity contribution in [3.05, 3.63) is 24.0 Å². The molecule has 0 atom stereocenters. The van der Waals surface area contributed by atoms with E-state index < -0.39 is 9.58 Å². The van der Waals surface area contributed by atoms with Gasteiger partial charge in [-0.25, -0.2) is 0 Å². The Labute approximate surface area is 102 Å². The summed E-state index contributed by atoms with van der Waals surface area (Å²) in [6.07, 6.45) is 1.71. The summed E-state index contributed by atoms with van der Waals surface area (Å²) in [4.78, 5) is 11.6. The van der Waals surface area contributed by atoms with Gasteiger partial charge >= 0.3 is 0 Å².